The Balaban J connectivity index is 4.08. The third-order valence-corrected chi connectivity index (χ3v) is 4.53. The van der Waals surface area contributed by atoms with Crippen LogP contribution in [0.4, 0.5) is 0 Å². The molecule has 16 heavy (non-hydrogen) atoms. The molecular formula is C10H22N2O3S. The molecule has 0 fully saturated rings. The van der Waals surface area contributed by atoms with Crippen LogP contribution in [0.3, 0.4) is 0 Å². The van der Waals surface area contributed by atoms with Gasteiger partial charge in [-0.1, -0.05) is 6.92 Å². The van der Waals surface area contributed by atoms with Gasteiger partial charge in [-0.15, -0.1) is 0 Å². The Morgan fingerprint density at radius 3 is 2.19 bits per heavy atom. The van der Waals surface area contributed by atoms with Crippen LogP contribution in [-0.2, 0) is 14.6 Å². The van der Waals surface area contributed by atoms with Gasteiger partial charge in [-0.2, -0.15) is 0 Å². The highest BCUT2D eigenvalue weighted by molar-refractivity contribution is 7.92. The van der Waals surface area contributed by atoms with E-state index in [4.69, 9.17) is 0 Å². The zero-order valence-corrected chi connectivity index (χ0v) is 11.3. The highest BCUT2D eigenvalue weighted by atomic mass is 32.2. The Morgan fingerprint density at radius 2 is 1.75 bits per heavy atom. The molecule has 0 atom stereocenters. The maximum Gasteiger partial charge on any atom is 0.240 e. The summed E-state index contributed by atoms with van der Waals surface area (Å²) in [5.74, 6) is -0.451. The summed E-state index contributed by atoms with van der Waals surface area (Å²) in [5, 5.41) is 5.72. The van der Waals surface area contributed by atoms with Crippen molar-refractivity contribution in [3.05, 3.63) is 0 Å². The molecule has 0 aliphatic carbocycles. The first kappa shape index (κ1) is 15.4. The average molecular weight is 250 g/mol. The third-order valence-electron chi connectivity index (χ3n) is 2.49. The second kappa shape index (κ2) is 6.20. The van der Waals surface area contributed by atoms with Gasteiger partial charge in [0, 0.05) is 19.3 Å². The van der Waals surface area contributed by atoms with Gasteiger partial charge in [-0.3, -0.25) is 4.79 Å². The summed E-state index contributed by atoms with van der Waals surface area (Å²) < 4.78 is 21.3. The molecule has 0 aromatic rings. The van der Waals surface area contributed by atoms with Crippen LogP contribution >= 0.6 is 0 Å². The summed E-state index contributed by atoms with van der Waals surface area (Å²) in [5.41, 5.74) is 0. The molecule has 0 aliphatic rings. The quantitative estimate of drug-likeness (QED) is 0.620. The maximum atomic E-state index is 11.6. The van der Waals surface area contributed by atoms with Gasteiger partial charge in [0.05, 0.1) is 0 Å². The molecule has 0 aliphatic heterocycles. The third kappa shape index (κ3) is 4.49. The van der Waals surface area contributed by atoms with E-state index in [0.717, 1.165) is 19.2 Å². The number of nitrogens with one attached hydrogen (secondary N) is 2. The molecule has 0 unspecified atom stereocenters. The van der Waals surface area contributed by atoms with Crippen molar-refractivity contribution in [3.8, 4) is 0 Å². The zero-order valence-electron chi connectivity index (χ0n) is 10.5. The fourth-order valence-electron chi connectivity index (χ4n) is 0.947. The molecule has 5 nitrogen and oxygen atoms in total. The fourth-order valence-corrected chi connectivity index (χ4v) is 1.36. The van der Waals surface area contributed by atoms with Gasteiger partial charge < -0.3 is 10.6 Å². The van der Waals surface area contributed by atoms with Gasteiger partial charge in [0.15, 0.2) is 9.84 Å². The van der Waals surface area contributed by atoms with Gasteiger partial charge in [0.25, 0.3) is 0 Å². The monoisotopic (exact) mass is 250 g/mol. The molecule has 2 N–H and O–H groups in total. The van der Waals surface area contributed by atoms with Crippen molar-refractivity contribution in [2.45, 2.75) is 31.9 Å². The number of amides is 1. The maximum absolute atomic E-state index is 11.6. The summed E-state index contributed by atoms with van der Waals surface area (Å²) in [6, 6.07) is 0. The van der Waals surface area contributed by atoms with Crippen molar-refractivity contribution in [1.82, 2.24) is 10.6 Å². The van der Waals surface area contributed by atoms with E-state index in [2.05, 4.69) is 17.6 Å². The number of sulfone groups is 1. The van der Waals surface area contributed by atoms with Crippen LogP contribution in [0, 0.1) is 0 Å². The van der Waals surface area contributed by atoms with E-state index in [-0.39, 0.29) is 0 Å². The molecule has 0 heterocycles. The van der Waals surface area contributed by atoms with E-state index >= 15 is 0 Å². The minimum atomic E-state index is -3.38. The van der Waals surface area contributed by atoms with Crippen molar-refractivity contribution < 1.29 is 13.2 Å². The van der Waals surface area contributed by atoms with Crippen LogP contribution in [0.2, 0.25) is 0 Å². The normalized spacial score (nSPS) is 12.5. The second-order valence-corrected chi connectivity index (χ2v) is 6.85. The van der Waals surface area contributed by atoms with E-state index < -0.39 is 20.5 Å². The summed E-state index contributed by atoms with van der Waals surface area (Å²) >= 11 is 0. The smallest absolute Gasteiger partial charge is 0.240 e. The Kier molecular flexibility index (Phi) is 5.96. The van der Waals surface area contributed by atoms with E-state index in [1.54, 1.807) is 0 Å². The lowest BCUT2D eigenvalue weighted by molar-refractivity contribution is -0.122. The molecule has 1 amide bonds. The Hall–Kier alpha value is -0.620. The molecule has 0 radical (unpaired) electrons. The fraction of sp³-hybridized carbons (Fsp3) is 0.900. The lowest BCUT2D eigenvalue weighted by Gasteiger charge is -2.21. The summed E-state index contributed by atoms with van der Waals surface area (Å²) in [6.45, 7) is 6.87. The van der Waals surface area contributed by atoms with Gasteiger partial charge in [0.2, 0.25) is 5.91 Å². The largest absolute Gasteiger partial charge is 0.353 e. The summed E-state index contributed by atoms with van der Waals surface area (Å²) in [4.78, 5) is 11.6. The van der Waals surface area contributed by atoms with Crippen LogP contribution in [0.5, 0.6) is 0 Å². The minimum absolute atomic E-state index is 0.442. The van der Waals surface area contributed by atoms with Crippen LogP contribution in [0.15, 0.2) is 0 Å². The SMILES string of the molecule is CCCNCCNC(=O)C(C)(C)S(C)(=O)=O. The molecule has 0 rings (SSSR count). The van der Waals surface area contributed by atoms with E-state index in [9.17, 15) is 13.2 Å². The summed E-state index contributed by atoms with van der Waals surface area (Å²) in [6.07, 6.45) is 2.10. The molecule has 0 saturated carbocycles. The number of carbonyl (C=O) groups excluding carboxylic acids is 1. The molecule has 6 heteroatoms. The Bertz CT molecular complexity index is 323. The average Bonchev–Trinajstić information content (AvgIpc) is 2.15. The highest BCUT2D eigenvalue weighted by Gasteiger charge is 2.37. The van der Waals surface area contributed by atoms with Crippen molar-refractivity contribution in [2.24, 2.45) is 0 Å². The molecule has 96 valence electrons. The first-order valence-corrected chi connectivity index (χ1v) is 7.31. The number of carbonyl (C=O) groups is 1. The number of hydrogen-bond acceptors (Lipinski definition) is 4. The highest BCUT2D eigenvalue weighted by Crippen LogP contribution is 2.14. The van der Waals surface area contributed by atoms with Gasteiger partial charge in [0.1, 0.15) is 4.75 Å². The molecule has 0 bridgehead atoms. The second-order valence-electron chi connectivity index (χ2n) is 4.29. The zero-order chi connectivity index (χ0) is 12.8. The Morgan fingerprint density at radius 1 is 1.19 bits per heavy atom. The van der Waals surface area contributed by atoms with Crippen molar-refractivity contribution in [1.29, 1.82) is 0 Å². The predicted octanol–water partition coefficient (Wildman–Crippen LogP) is -0.0746. The van der Waals surface area contributed by atoms with Gasteiger partial charge in [-0.25, -0.2) is 8.42 Å². The van der Waals surface area contributed by atoms with Crippen molar-refractivity contribution >= 4 is 15.7 Å². The first-order chi connectivity index (χ1) is 7.23. The first-order valence-electron chi connectivity index (χ1n) is 5.42. The molecule has 0 aromatic heterocycles. The number of hydrogen-bond donors (Lipinski definition) is 2. The van der Waals surface area contributed by atoms with Crippen molar-refractivity contribution in [2.75, 3.05) is 25.9 Å². The van der Waals surface area contributed by atoms with Gasteiger partial charge >= 0.3 is 0 Å². The molecule has 0 aromatic carbocycles. The van der Waals surface area contributed by atoms with Crippen LogP contribution in [0.25, 0.3) is 0 Å². The van der Waals surface area contributed by atoms with Crippen molar-refractivity contribution in [3.63, 3.8) is 0 Å². The molecule has 0 spiro atoms. The summed E-state index contributed by atoms with van der Waals surface area (Å²) in [7, 11) is -3.38. The van der Waals surface area contributed by atoms with Gasteiger partial charge in [-0.05, 0) is 26.8 Å². The Labute approximate surface area is 97.9 Å². The molecular weight excluding hydrogens is 228 g/mol. The van der Waals surface area contributed by atoms with Crippen LogP contribution in [-0.4, -0.2) is 45.0 Å². The molecule has 0 saturated heterocycles. The minimum Gasteiger partial charge on any atom is -0.353 e. The lowest BCUT2D eigenvalue weighted by Crippen LogP contribution is -2.48. The van der Waals surface area contributed by atoms with Crippen LogP contribution < -0.4 is 10.6 Å². The standard InChI is InChI=1S/C10H22N2O3S/c1-5-6-11-7-8-12-9(13)10(2,3)16(4,14)15/h11H,5-8H2,1-4H3,(H,12,13). The van der Waals surface area contributed by atoms with Crippen LogP contribution in [0.1, 0.15) is 27.2 Å². The van der Waals surface area contributed by atoms with E-state index in [0.29, 0.717) is 13.1 Å². The topological polar surface area (TPSA) is 75.3 Å². The van der Waals surface area contributed by atoms with E-state index in [1.807, 2.05) is 0 Å². The van der Waals surface area contributed by atoms with E-state index in [1.165, 1.54) is 13.8 Å². The lowest BCUT2D eigenvalue weighted by atomic mass is 10.2. The predicted molar refractivity (Wildman–Crippen MR) is 65.1 cm³/mol. The number of rotatable bonds is 7.